The van der Waals surface area contributed by atoms with Crippen molar-refractivity contribution in [3.63, 3.8) is 0 Å². The molecule has 0 N–H and O–H groups in total. The topological polar surface area (TPSA) is 42.3 Å². The predicted molar refractivity (Wildman–Crippen MR) is 90.1 cm³/mol. The van der Waals surface area contributed by atoms with E-state index in [1.165, 1.54) is 11.8 Å². The van der Waals surface area contributed by atoms with Gasteiger partial charge in [-0.05, 0) is 23.6 Å². The van der Waals surface area contributed by atoms with Crippen LogP contribution >= 0.6 is 0 Å². The highest BCUT2D eigenvalue weighted by Gasteiger charge is 2.19. The number of aromatic nitrogens is 1. The Morgan fingerprint density at radius 3 is 2.36 bits per heavy atom. The van der Waals surface area contributed by atoms with Crippen molar-refractivity contribution in [1.29, 1.82) is 0 Å². The van der Waals surface area contributed by atoms with Gasteiger partial charge in [-0.2, -0.15) is 4.31 Å². The van der Waals surface area contributed by atoms with Gasteiger partial charge in [-0.3, -0.25) is 0 Å². The lowest BCUT2D eigenvalue weighted by Crippen LogP contribution is -2.33. The number of benzene rings is 1. The van der Waals surface area contributed by atoms with Gasteiger partial charge in [0, 0.05) is 25.0 Å². The molecule has 22 heavy (non-hydrogen) atoms. The largest absolute Gasteiger partial charge is 0.346 e. The van der Waals surface area contributed by atoms with E-state index in [1.54, 1.807) is 4.31 Å². The fraction of sp³-hybridized carbons (Fsp3) is 0.412. The highest BCUT2D eigenvalue weighted by atomic mass is 32.2. The maximum Gasteiger partial charge on any atom is 0.211 e. The van der Waals surface area contributed by atoms with Gasteiger partial charge in [-0.25, -0.2) is 8.42 Å². The van der Waals surface area contributed by atoms with E-state index in [9.17, 15) is 8.42 Å². The molecule has 0 amide bonds. The summed E-state index contributed by atoms with van der Waals surface area (Å²) in [6.45, 7) is 5.76. The van der Waals surface area contributed by atoms with Crippen LogP contribution in [0.2, 0.25) is 0 Å². The lowest BCUT2D eigenvalue weighted by atomic mass is 10.2. The standard InChI is InChI=1S/C17H24N2O2S/c1-15(2)12-19(22(3,20)21)14-17-10-7-11-18(17)13-16-8-5-4-6-9-16/h4-11,15H,12-14H2,1-3H3. The summed E-state index contributed by atoms with van der Waals surface area (Å²) in [6, 6.07) is 14.1. The molecule has 1 aromatic carbocycles. The van der Waals surface area contributed by atoms with Gasteiger partial charge >= 0.3 is 0 Å². The summed E-state index contributed by atoms with van der Waals surface area (Å²) in [4.78, 5) is 0. The smallest absolute Gasteiger partial charge is 0.211 e. The van der Waals surface area contributed by atoms with Crippen LogP contribution in [0.4, 0.5) is 0 Å². The van der Waals surface area contributed by atoms with Crippen LogP contribution in [0, 0.1) is 5.92 Å². The first-order valence-corrected chi connectivity index (χ1v) is 9.34. The highest BCUT2D eigenvalue weighted by Crippen LogP contribution is 2.14. The molecule has 0 aliphatic rings. The maximum absolute atomic E-state index is 12.0. The van der Waals surface area contributed by atoms with Gasteiger partial charge < -0.3 is 4.57 Å². The van der Waals surface area contributed by atoms with E-state index < -0.39 is 10.0 Å². The van der Waals surface area contributed by atoms with Crippen molar-refractivity contribution >= 4 is 10.0 Å². The van der Waals surface area contributed by atoms with Crippen LogP contribution < -0.4 is 0 Å². The van der Waals surface area contributed by atoms with Crippen LogP contribution in [0.1, 0.15) is 25.1 Å². The van der Waals surface area contributed by atoms with Crippen molar-refractivity contribution in [3.05, 3.63) is 59.9 Å². The molecule has 0 unspecified atom stereocenters. The monoisotopic (exact) mass is 320 g/mol. The number of hydrogen-bond acceptors (Lipinski definition) is 2. The fourth-order valence-corrected chi connectivity index (χ4v) is 3.37. The summed E-state index contributed by atoms with van der Waals surface area (Å²) in [5.41, 5.74) is 2.21. The second kappa shape index (κ2) is 7.11. The quantitative estimate of drug-likeness (QED) is 0.787. The first-order valence-electron chi connectivity index (χ1n) is 7.49. The van der Waals surface area contributed by atoms with Gasteiger partial charge in [0.1, 0.15) is 0 Å². The third kappa shape index (κ3) is 4.71. The molecule has 0 saturated heterocycles. The van der Waals surface area contributed by atoms with E-state index in [4.69, 9.17) is 0 Å². The van der Waals surface area contributed by atoms with Crippen LogP contribution in [0.25, 0.3) is 0 Å². The molecule has 1 heterocycles. The van der Waals surface area contributed by atoms with E-state index >= 15 is 0 Å². The van der Waals surface area contributed by atoms with Crippen LogP contribution in [-0.4, -0.2) is 30.1 Å². The molecule has 5 heteroatoms. The third-order valence-electron chi connectivity index (χ3n) is 3.50. The average Bonchev–Trinajstić information content (AvgIpc) is 2.85. The Kier molecular flexibility index (Phi) is 5.42. The zero-order valence-electron chi connectivity index (χ0n) is 13.4. The molecule has 2 rings (SSSR count). The lowest BCUT2D eigenvalue weighted by molar-refractivity contribution is 0.357. The molecule has 1 aromatic heterocycles. The first kappa shape index (κ1) is 16.8. The van der Waals surface area contributed by atoms with Crippen LogP contribution in [-0.2, 0) is 23.1 Å². The van der Waals surface area contributed by atoms with Gasteiger partial charge in [0.2, 0.25) is 10.0 Å². The third-order valence-corrected chi connectivity index (χ3v) is 4.71. The Hall–Kier alpha value is -1.59. The summed E-state index contributed by atoms with van der Waals surface area (Å²) in [7, 11) is -3.21. The van der Waals surface area contributed by atoms with Crippen molar-refractivity contribution < 1.29 is 8.42 Å². The Labute approximate surface area is 133 Å². The summed E-state index contributed by atoms with van der Waals surface area (Å²) >= 11 is 0. The molecule has 0 bridgehead atoms. The van der Waals surface area contributed by atoms with E-state index in [0.717, 1.165) is 12.2 Å². The molecule has 0 saturated carbocycles. The Bertz CT molecular complexity index is 690. The van der Waals surface area contributed by atoms with Crippen molar-refractivity contribution in [2.24, 2.45) is 5.92 Å². The summed E-state index contributed by atoms with van der Waals surface area (Å²) in [5, 5.41) is 0. The van der Waals surface area contributed by atoms with Crippen molar-refractivity contribution in [2.45, 2.75) is 26.9 Å². The Morgan fingerprint density at radius 1 is 1.09 bits per heavy atom. The minimum absolute atomic E-state index is 0.298. The van der Waals surface area contributed by atoms with E-state index in [2.05, 4.69) is 16.7 Å². The highest BCUT2D eigenvalue weighted by molar-refractivity contribution is 7.88. The molecular formula is C17H24N2O2S. The Balaban J connectivity index is 2.17. The predicted octanol–water partition coefficient (Wildman–Crippen LogP) is 2.95. The van der Waals surface area contributed by atoms with Crippen LogP contribution in [0.3, 0.4) is 0 Å². The molecule has 2 aromatic rings. The van der Waals surface area contributed by atoms with Gasteiger partial charge in [-0.1, -0.05) is 44.2 Å². The van der Waals surface area contributed by atoms with E-state index in [1.807, 2.05) is 50.4 Å². The van der Waals surface area contributed by atoms with Crippen molar-refractivity contribution in [2.75, 3.05) is 12.8 Å². The Morgan fingerprint density at radius 2 is 1.77 bits per heavy atom. The molecule has 0 aliphatic heterocycles. The average molecular weight is 320 g/mol. The number of hydrogen-bond donors (Lipinski definition) is 0. The number of rotatable bonds is 7. The second-order valence-corrected chi connectivity index (χ2v) is 8.04. The lowest BCUT2D eigenvalue weighted by Gasteiger charge is -2.22. The normalized spacial score (nSPS) is 12.2. The molecule has 0 radical (unpaired) electrons. The molecule has 0 spiro atoms. The minimum atomic E-state index is -3.21. The second-order valence-electron chi connectivity index (χ2n) is 6.06. The molecule has 120 valence electrons. The molecule has 0 fully saturated rings. The SMILES string of the molecule is CC(C)CN(Cc1cccn1Cc1ccccc1)S(C)(=O)=O. The van der Waals surface area contributed by atoms with Gasteiger partial charge in [0.15, 0.2) is 0 Å². The van der Waals surface area contributed by atoms with Crippen LogP contribution in [0.15, 0.2) is 48.7 Å². The molecule has 0 aliphatic carbocycles. The van der Waals surface area contributed by atoms with Gasteiger partial charge in [0.05, 0.1) is 12.8 Å². The minimum Gasteiger partial charge on any atom is -0.346 e. The molecule has 4 nitrogen and oxygen atoms in total. The maximum atomic E-state index is 12.0. The molecule has 0 atom stereocenters. The zero-order chi connectivity index (χ0) is 16.2. The van der Waals surface area contributed by atoms with Crippen molar-refractivity contribution in [1.82, 2.24) is 8.87 Å². The van der Waals surface area contributed by atoms with E-state index in [-0.39, 0.29) is 0 Å². The molecular weight excluding hydrogens is 296 g/mol. The number of sulfonamides is 1. The van der Waals surface area contributed by atoms with Crippen molar-refractivity contribution in [3.8, 4) is 0 Å². The van der Waals surface area contributed by atoms with Gasteiger partial charge in [0.25, 0.3) is 0 Å². The van der Waals surface area contributed by atoms with E-state index in [0.29, 0.717) is 19.0 Å². The number of nitrogens with zero attached hydrogens (tertiary/aromatic N) is 2. The summed E-state index contributed by atoms with van der Waals surface area (Å²) < 4.78 is 27.6. The fourth-order valence-electron chi connectivity index (χ4n) is 2.43. The van der Waals surface area contributed by atoms with Crippen LogP contribution in [0.5, 0.6) is 0 Å². The summed E-state index contributed by atoms with van der Waals surface area (Å²) in [5.74, 6) is 0.298. The first-order chi connectivity index (χ1) is 10.4. The summed E-state index contributed by atoms with van der Waals surface area (Å²) in [6.07, 6.45) is 3.28. The van der Waals surface area contributed by atoms with Gasteiger partial charge in [-0.15, -0.1) is 0 Å². The zero-order valence-corrected chi connectivity index (χ0v) is 14.3.